The van der Waals surface area contributed by atoms with Crippen LogP contribution in [0.1, 0.15) is 47.9 Å². The van der Waals surface area contributed by atoms with E-state index in [2.05, 4.69) is 0 Å². The number of allylic oxidation sites excluding steroid dienone is 2. The Hall–Kier alpha value is -3.15. The Balaban J connectivity index is 1.76. The Kier molecular flexibility index (Phi) is 4.18. The van der Waals surface area contributed by atoms with E-state index in [-0.39, 0.29) is 41.8 Å². The maximum Gasteiger partial charge on any atom is 0.231 e. The highest BCUT2D eigenvalue weighted by molar-refractivity contribution is 6.03. The lowest BCUT2D eigenvalue weighted by atomic mass is 9.92. The molecule has 2 aromatic carbocycles. The molecule has 0 spiro atoms. The number of benzene rings is 2. The van der Waals surface area contributed by atoms with Crippen LogP contribution in [0, 0.1) is 0 Å². The molecule has 0 amide bonds. The van der Waals surface area contributed by atoms with Gasteiger partial charge in [0, 0.05) is 11.6 Å². The zero-order valence-corrected chi connectivity index (χ0v) is 15.1. The summed E-state index contributed by atoms with van der Waals surface area (Å²) < 4.78 is 16.8. The van der Waals surface area contributed by atoms with Crippen LogP contribution < -0.4 is 14.2 Å². The normalized spacial score (nSPS) is 17.3. The summed E-state index contributed by atoms with van der Waals surface area (Å²) in [7, 11) is 0. The van der Waals surface area contributed by atoms with Crippen LogP contribution in [0.4, 0.5) is 0 Å². The Morgan fingerprint density at radius 3 is 2.70 bits per heavy atom. The number of carbonyl (C=O) groups is 1. The van der Waals surface area contributed by atoms with E-state index in [9.17, 15) is 15.0 Å². The zero-order valence-electron chi connectivity index (χ0n) is 15.1. The highest BCUT2D eigenvalue weighted by atomic mass is 16.7. The summed E-state index contributed by atoms with van der Waals surface area (Å²) in [4.78, 5) is 12.7. The smallest absolute Gasteiger partial charge is 0.231 e. The Bertz CT molecular complexity index is 956. The second-order valence-corrected chi connectivity index (χ2v) is 6.93. The van der Waals surface area contributed by atoms with Gasteiger partial charge in [0.05, 0.1) is 6.42 Å². The average molecular weight is 368 g/mol. The van der Waals surface area contributed by atoms with Gasteiger partial charge in [-0.05, 0) is 38.0 Å². The summed E-state index contributed by atoms with van der Waals surface area (Å²) in [6, 6.07) is 6.61. The molecule has 0 fully saturated rings. The number of carbonyl (C=O) groups excluding carboxylic acids is 1. The Morgan fingerprint density at radius 1 is 1.15 bits per heavy atom. The van der Waals surface area contributed by atoms with E-state index in [4.69, 9.17) is 14.2 Å². The van der Waals surface area contributed by atoms with E-state index < -0.39 is 6.10 Å². The van der Waals surface area contributed by atoms with Gasteiger partial charge in [0.1, 0.15) is 28.9 Å². The molecule has 0 aliphatic carbocycles. The van der Waals surface area contributed by atoms with E-state index >= 15 is 0 Å². The Labute approximate surface area is 156 Å². The molecular weight excluding hydrogens is 348 g/mol. The number of hydrogen-bond donors (Lipinski definition) is 2. The van der Waals surface area contributed by atoms with Gasteiger partial charge in [-0.15, -0.1) is 0 Å². The van der Waals surface area contributed by atoms with Gasteiger partial charge in [-0.25, -0.2) is 0 Å². The lowest BCUT2D eigenvalue weighted by Crippen LogP contribution is -2.21. The molecule has 27 heavy (non-hydrogen) atoms. The van der Waals surface area contributed by atoms with Gasteiger partial charge in [-0.1, -0.05) is 17.7 Å². The second-order valence-electron chi connectivity index (χ2n) is 6.93. The monoisotopic (exact) mass is 368 g/mol. The highest BCUT2D eigenvalue weighted by Crippen LogP contribution is 2.46. The topological polar surface area (TPSA) is 85.2 Å². The van der Waals surface area contributed by atoms with E-state index in [0.29, 0.717) is 23.5 Å². The minimum atomic E-state index is -0.536. The van der Waals surface area contributed by atoms with Crippen LogP contribution in [0.5, 0.6) is 28.7 Å². The molecule has 0 aromatic heterocycles. The lowest BCUT2D eigenvalue weighted by Gasteiger charge is -2.28. The van der Waals surface area contributed by atoms with Crippen LogP contribution in [0.3, 0.4) is 0 Å². The summed E-state index contributed by atoms with van der Waals surface area (Å²) in [5.74, 6) is 0.915. The number of fused-ring (bicyclic) bond motifs is 2. The number of ether oxygens (including phenoxy) is 3. The molecule has 140 valence electrons. The van der Waals surface area contributed by atoms with E-state index in [1.165, 1.54) is 6.07 Å². The maximum atomic E-state index is 12.7. The first-order valence-corrected chi connectivity index (χ1v) is 8.74. The van der Waals surface area contributed by atoms with Gasteiger partial charge >= 0.3 is 0 Å². The molecule has 6 nitrogen and oxygen atoms in total. The molecule has 2 N–H and O–H groups in total. The standard InChI is InChI=1S/C21H20O6/c1-11(2)3-5-13-14(22)8-15(23)20-16(24)9-18(27-21(13)20)12-4-6-17-19(7-12)26-10-25-17/h3-4,6-8,18,22-23H,5,9-10H2,1-2H3. The molecular formula is C21H20O6. The van der Waals surface area contributed by atoms with Crippen molar-refractivity contribution in [2.45, 2.75) is 32.8 Å². The Morgan fingerprint density at radius 2 is 1.93 bits per heavy atom. The van der Waals surface area contributed by atoms with Crippen molar-refractivity contribution in [3.05, 3.63) is 52.6 Å². The van der Waals surface area contributed by atoms with E-state index in [1.54, 1.807) is 12.1 Å². The van der Waals surface area contributed by atoms with Crippen molar-refractivity contribution in [2.24, 2.45) is 0 Å². The average Bonchev–Trinajstić information content (AvgIpc) is 3.08. The van der Waals surface area contributed by atoms with Gasteiger partial charge in [0.25, 0.3) is 0 Å². The first-order chi connectivity index (χ1) is 12.9. The fraction of sp³-hybridized carbons (Fsp3) is 0.286. The number of hydrogen-bond acceptors (Lipinski definition) is 6. The quantitative estimate of drug-likeness (QED) is 0.796. The molecule has 0 radical (unpaired) electrons. The van der Waals surface area contributed by atoms with Crippen molar-refractivity contribution in [1.82, 2.24) is 0 Å². The molecule has 2 heterocycles. The number of phenols is 2. The van der Waals surface area contributed by atoms with Gasteiger partial charge in [-0.2, -0.15) is 0 Å². The molecule has 2 aliphatic rings. The summed E-state index contributed by atoms with van der Waals surface area (Å²) in [6.07, 6.45) is 1.89. The molecule has 1 atom stereocenters. The summed E-state index contributed by atoms with van der Waals surface area (Å²) >= 11 is 0. The van der Waals surface area contributed by atoms with Gasteiger partial charge in [0.2, 0.25) is 6.79 Å². The number of aromatic hydroxyl groups is 2. The summed E-state index contributed by atoms with van der Waals surface area (Å²) in [5, 5.41) is 20.5. The molecule has 2 aliphatic heterocycles. The summed E-state index contributed by atoms with van der Waals surface area (Å²) in [5.41, 5.74) is 2.46. The van der Waals surface area contributed by atoms with Crippen LogP contribution in [-0.4, -0.2) is 22.8 Å². The fourth-order valence-corrected chi connectivity index (χ4v) is 3.33. The molecule has 0 saturated carbocycles. The predicted octanol–water partition coefficient (Wildman–Crippen LogP) is 4.04. The highest BCUT2D eigenvalue weighted by Gasteiger charge is 2.34. The second kappa shape index (κ2) is 6.54. The maximum absolute atomic E-state index is 12.7. The molecule has 0 saturated heterocycles. The zero-order chi connectivity index (χ0) is 19.1. The third kappa shape index (κ3) is 3.07. The predicted molar refractivity (Wildman–Crippen MR) is 97.8 cm³/mol. The van der Waals surface area contributed by atoms with Gasteiger partial charge < -0.3 is 24.4 Å². The fourth-order valence-electron chi connectivity index (χ4n) is 3.33. The number of ketones is 1. The summed E-state index contributed by atoms with van der Waals surface area (Å²) in [6.45, 7) is 4.07. The van der Waals surface area contributed by atoms with Gasteiger partial charge in [0.15, 0.2) is 17.3 Å². The molecule has 1 unspecified atom stereocenters. The number of rotatable bonds is 3. The largest absolute Gasteiger partial charge is 0.507 e. The van der Waals surface area contributed by atoms with Crippen molar-refractivity contribution >= 4 is 5.78 Å². The minimum Gasteiger partial charge on any atom is -0.507 e. The first-order valence-electron chi connectivity index (χ1n) is 8.74. The van der Waals surface area contributed by atoms with Crippen LogP contribution in [-0.2, 0) is 6.42 Å². The molecule has 2 aromatic rings. The van der Waals surface area contributed by atoms with Crippen LogP contribution in [0.25, 0.3) is 0 Å². The molecule has 4 rings (SSSR count). The minimum absolute atomic E-state index is 0.0903. The van der Waals surface area contributed by atoms with E-state index in [1.807, 2.05) is 26.0 Å². The SMILES string of the molecule is CC(C)=CCc1c(O)cc(O)c2c1OC(c1ccc3c(c1)OCO3)CC2=O. The van der Waals surface area contributed by atoms with Crippen LogP contribution in [0.2, 0.25) is 0 Å². The van der Waals surface area contributed by atoms with Crippen LogP contribution in [0.15, 0.2) is 35.9 Å². The third-order valence-corrected chi connectivity index (χ3v) is 4.73. The number of Topliss-reactive ketones (excluding diaryl/α,β-unsaturated/α-hetero) is 1. The van der Waals surface area contributed by atoms with Crippen molar-refractivity contribution < 1.29 is 29.2 Å². The van der Waals surface area contributed by atoms with Crippen molar-refractivity contribution in [2.75, 3.05) is 6.79 Å². The molecule has 6 heteroatoms. The first kappa shape index (κ1) is 17.3. The lowest BCUT2D eigenvalue weighted by molar-refractivity contribution is 0.0842. The molecule has 0 bridgehead atoms. The van der Waals surface area contributed by atoms with Crippen molar-refractivity contribution in [1.29, 1.82) is 0 Å². The van der Waals surface area contributed by atoms with Crippen molar-refractivity contribution in [3.8, 4) is 28.7 Å². The van der Waals surface area contributed by atoms with Crippen LogP contribution >= 0.6 is 0 Å². The van der Waals surface area contributed by atoms with Gasteiger partial charge in [-0.3, -0.25) is 4.79 Å². The third-order valence-electron chi connectivity index (χ3n) is 4.73. The number of phenolic OH excluding ortho intramolecular Hbond substituents is 2. The van der Waals surface area contributed by atoms with E-state index in [0.717, 1.165) is 11.1 Å². The van der Waals surface area contributed by atoms with Crippen molar-refractivity contribution in [3.63, 3.8) is 0 Å².